The first-order valence-corrected chi connectivity index (χ1v) is 6.68. The minimum Gasteiger partial charge on any atom is -0.294 e. The average Bonchev–Trinajstić information content (AvgIpc) is 2.36. The first-order chi connectivity index (χ1) is 9.59. The SMILES string of the molecule is CC(C)(C)N1CCN(c2cc(C(F)(F)F)ccn2)C(=O)C1. The van der Waals surface area contributed by atoms with Crippen molar-refractivity contribution in [3.8, 4) is 0 Å². The van der Waals surface area contributed by atoms with Gasteiger partial charge in [0, 0.05) is 24.8 Å². The van der Waals surface area contributed by atoms with Crippen molar-refractivity contribution in [3.63, 3.8) is 0 Å². The summed E-state index contributed by atoms with van der Waals surface area (Å²) in [6, 6.07) is 1.82. The molecular weight excluding hydrogens is 283 g/mol. The smallest absolute Gasteiger partial charge is 0.294 e. The van der Waals surface area contributed by atoms with Crippen LogP contribution >= 0.6 is 0 Å². The number of carbonyl (C=O) groups excluding carboxylic acids is 1. The molecule has 0 aromatic carbocycles. The number of carbonyl (C=O) groups is 1. The highest BCUT2D eigenvalue weighted by Crippen LogP contribution is 2.31. The van der Waals surface area contributed by atoms with Gasteiger partial charge in [-0.2, -0.15) is 13.2 Å². The van der Waals surface area contributed by atoms with E-state index in [0.29, 0.717) is 13.1 Å². The van der Waals surface area contributed by atoms with E-state index in [2.05, 4.69) is 4.98 Å². The number of hydrogen-bond donors (Lipinski definition) is 0. The highest BCUT2D eigenvalue weighted by molar-refractivity contribution is 5.94. The Morgan fingerprint density at radius 1 is 1.19 bits per heavy atom. The largest absolute Gasteiger partial charge is 0.416 e. The summed E-state index contributed by atoms with van der Waals surface area (Å²) in [5, 5.41) is 0. The maximum Gasteiger partial charge on any atom is 0.416 e. The van der Waals surface area contributed by atoms with Gasteiger partial charge in [-0.25, -0.2) is 4.98 Å². The topological polar surface area (TPSA) is 36.4 Å². The van der Waals surface area contributed by atoms with E-state index in [-0.39, 0.29) is 23.8 Å². The van der Waals surface area contributed by atoms with Crippen molar-refractivity contribution in [1.29, 1.82) is 0 Å². The van der Waals surface area contributed by atoms with Gasteiger partial charge in [-0.3, -0.25) is 14.6 Å². The third kappa shape index (κ3) is 3.53. The van der Waals surface area contributed by atoms with Gasteiger partial charge in [-0.05, 0) is 32.9 Å². The zero-order valence-electron chi connectivity index (χ0n) is 12.2. The molecular formula is C14H18F3N3O. The minimum absolute atomic E-state index is 0.0587. The van der Waals surface area contributed by atoms with E-state index in [1.807, 2.05) is 25.7 Å². The van der Waals surface area contributed by atoms with Gasteiger partial charge >= 0.3 is 6.18 Å². The molecule has 1 aliphatic heterocycles. The molecule has 0 saturated carbocycles. The number of anilines is 1. The van der Waals surface area contributed by atoms with Crippen LogP contribution in [0.2, 0.25) is 0 Å². The van der Waals surface area contributed by atoms with E-state index < -0.39 is 11.7 Å². The number of aromatic nitrogens is 1. The van der Waals surface area contributed by atoms with Crippen LogP contribution in [0, 0.1) is 0 Å². The van der Waals surface area contributed by atoms with E-state index in [1.54, 1.807) is 0 Å². The van der Waals surface area contributed by atoms with Crippen LogP contribution in [0.1, 0.15) is 26.3 Å². The molecule has 1 fully saturated rings. The van der Waals surface area contributed by atoms with Crippen molar-refractivity contribution in [2.24, 2.45) is 0 Å². The van der Waals surface area contributed by atoms with Crippen molar-refractivity contribution in [2.45, 2.75) is 32.5 Å². The summed E-state index contributed by atoms with van der Waals surface area (Å²) in [4.78, 5) is 19.4. The molecule has 0 bridgehead atoms. The monoisotopic (exact) mass is 301 g/mol. The number of nitrogens with zero attached hydrogens (tertiary/aromatic N) is 3. The van der Waals surface area contributed by atoms with Crippen LogP contribution in [0.4, 0.5) is 19.0 Å². The lowest BCUT2D eigenvalue weighted by Gasteiger charge is -2.41. The predicted molar refractivity (Wildman–Crippen MR) is 72.9 cm³/mol. The van der Waals surface area contributed by atoms with Crippen LogP contribution in [0.3, 0.4) is 0 Å². The van der Waals surface area contributed by atoms with Crippen molar-refractivity contribution in [2.75, 3.05) is 24.5 Å². The summed E-state index contributed by atoms with van der Waals surface area (Å²) in [6.45, 7) is 7.12. The van der Waals surface area contributed by atoms with Crippen molar-refractivity contribution >= 4 is 11.7 Å². The first kappa shape index (κ1) is 15.8. The van der Waals surface area contributed by atoms with Crippen LogP contribution in [0.5, 0.6) is 0 Å². The van der Waals surface area contributed by atoms with E-state index in [4.69, 9.17) is 0 Å². The Morgan fingerprint density at radius 3 is 2.38 bits per heavy atom. The Morgan fingerprint density at radius 2 is 1.86 bits per heavy atom. The van der Waals surface area contributed by atoms with Crippen molar-refractivity contribution < 1.29 is 18.0 Å². The third-order valence-corrected chi connectivity index (χ3v) is 3.52. The molecule has 0 N–H and O–H groups in total. The molecule has 116 valence electrons. The fourth-order valence-corrected chi connectivity index (χ4v) is 2.23. The normalized spacial score (nSPS) is 18.2. The second kappa shape index (κ2) is 5.29. The van der Waals surface area contributed by atoms with Gasteiger partial charge in [0.15, 0.2) is 0 Å². The molecule has 1 aromatic heterocycles. The first-order valence-electron chi connectivity index (χ1n) is 6.68. The fourth-order valence-electron chi connectivity index (χ4n) is 2.23. The molecule has 0 atom stereocenters. The molecule has 1 aliphatic rings. The Hall–Kier alpha value is -1.63. The summed E-state index contributed by atoms with van der Waals surface area (Å²) < 4.78 is 38.1. The number of pyridine rings is 1. The Balaban J connectivity index is 2.19. The lowest BCUT2D eigenvalue weighted by molar-refractivity contribution is -0.137. The van der Waals surface area contributed by atoms with Crippen LogP contribution in [0.25, 0.3) is 0 Å². The number of halogens is 3. The van der Waals surface area contributed by atoms with E-state index in [9.17, 15) is 18.0 Å². The molecule has 0 radical (unpaired) electrons. The van der Waals surface area contributed by atoms with Crippen LogP contribution in [-0.2, 0) is 11.0 Å². The maximum atomic E-state index is 12.7. The summed E-state index contributed by atoms with van der Waals surface area (Å²) in [7, 11) is 0. The lowest BCUT2D eigenvalue weighted by atomic mass is 10.0. The zero-order valence-corrected chi connectivity index (χ0v) is 12.2. The van der Waals surface area contributed by atoms with Crippen LogP contribution < -0.4 is 4.90 Å². The standard InChI is InChI=1S/C14H18F3N3O/c1-13(2,3)19-6-7-20(12(21)9-19)11-8-10(4-5-18-11)14(15,16)17/h4-5,8H,6-7,9H2,1-3H3. The molecule has 7 heteroatoms. The number of alkyl halides is 3. The average molecular weight is 301 g/mol. The molecule has 1 aromatic rings. The molecule has 0 aliphatic carbocycles. The molecule has 21 heavy (non-hydrogen) atoms. The number of rotatable bonds is 1. The number of hydrogen-bond acceptors (Lipinski definition) is 3. The van der Waals surface area contributed by atoms with E-state index >= 15 is 0 Å². The highest BCUT2D eigenvalue weighted by Gasteiger charge is 2.34. The van der Waals surface area contributed by atoms with E-state index in [1.165, 1.54) is 4.90 Å². The molecule has 0 spiro atoms. The molecule has 4 nitrogen and oxygen atoms in total. The fraction of sp³-hybridized carbons (Fsp3) is 0.571. The second-order valence-corrected chi connectivity index (χ2v) is 6.04. The summed E-state index contributed by atoms with van der Waals surface area (Å²) in [5.74, 6) is -0.175. The predicted octanol–water partition coefficient (Wildman–Crippen LogP) is 2.55. The van der Waals surface area contributed by atoms with Crippen molar-refractivity contribution in [3.05, 3.63) is 23.9 Å². The van der Waals surface area contributed by atoms with Crippen molar-refractivity contribution in [1.82, 2.24) is 9.88 Å². The summed E-state index contributed by atoms with van der Waals surface area (Å²) in [6.07, 6.45) is -3.35. The van der Waals surface area contributed by atoms with Gasteiger partial charge in [0.25, 0.3) is 0 Å². The van der Waals surface area contributed by atoms with Gasteiger partial charge < -0.3 is 0 Å². The van der Waals surface area contributed by atoms with Crippen LogP contribution in [0.15, 0.2) is 18.3 Å². The summed E-state index contributed by atoms with van der Waals surface area (Å²) >= 11 is 0. The minimum atomic E-state index is -4.44. The van der Waals surface area contributed by atoms with Crippen LogP contribution in [-0.4, -0.2) is 41.0 Å². The maximum absolute atomic E-state index is 12.7. The van der Waals surface area contributed by atoms with Gasteiger partial charge in [-0.15, -0.1) is 0 Å². The quantitative estimate of drug-likeness (QED) is 0.800. The second-order valence-electron chi connectivity index (χ2n) is 6.04. The molecule has 1 amide bonds. The van der Waals surface area contributed by atoms with Gasteiger partial charge in [0.05, 0.1) is 12.1 Å². The Kier molecular flexibility index (Phi) is 3.97. The van der Waals surface area contributed by atoms with Gasteiger partial charge in [-0.1, -0.05) is 0 Å². The van der Waals surface area contributed by atoms with Gasteiger partial charge in [0.1, 0.15) is 5.82 Å². The zero-order chi connectivity index (χ0) is 15.8. The number of amides is 1. The van der Waals surface area contributed by atoms with E-state index in [0.717, 1.165) is 18.3 Å². The number of piperazine rings is 1. The highest BCUT2D eigenvalue weighted by atomic mass is 19.4. The lowest BCUT2D eigenvalue weighted by Crippen LogP contribution is -2.56. The third-order valence-electron chi connectivity index (χ3n) is 3.52. The molecule has 2 heterocycles. The Labute approximate surface area is 121 Å². The Bertz CT molecular complexity index is 537. The molecule has 0 unspecified atom stereocenters. The summed E-state index contributed by atoms with van der Waals surface area (Å²) in [5.41, 5.74) is -0.943. The molecule has 2 rings (SSSR count). The van der Waals surface area contributed by atoms with Gasteiger partial charge in [0.2, 0.25) is 5.91 Å². The molecule has 1 saturated heterocycles.